The zero-order valence-corrected chi connectivity index (χ0v) is 17.2. The Labute approximate surface area is 172 Å². The molecule has 0 bridgehead atoms. The van der Waals surface area contributed by atoms with Gasteiger partial charge in [-0.1, -0.05) is 97.1 Å². The Bertz CT molecular complexity index is 994. The van der Waals surface area contributed by atoms with Gasteiger partial charge in [0.2, 0.25) is 0 Å². The van der Waals surface area contributed by atoms with Crippen molar-refractivity contribution >= 4 is 19.0 Å². The van der Waals surface area contributed by atoms with Crippen molar-refractivity contribution in [1.82, 2.24) is 0 Å². The van der Waals surface area contributed by atoms with Gasteiger partial charge in [0.05, 0.1) is 6.61 Å². The molecule has 0 amide bonds. The van der Waals surface area contributed by atoms with Crippen LogP contribution in [0.25, 0.3) is 10.8 Å². The Balaban J connectivity index is 0.000000166. The number of benzene rings is 4. The molecule has 1 N–H and O–H groups in total. The highest BCUT2D eigenvalue weighted by Gasteiger charge is 1.98. The Morgan fingerprint density at radius 1 is 0.621 bits per heavy atom. The first kappa shape index (κ1) is 21.0. The van der Waals surface area contributed by atoms with Crippen molar-refractivity contribution in [3.63, 3.8) is 0 Å². The SMILES string of the molecule is O=[PH](O)OCc1ccc2ccccc2c1.c1ccc(CCc2ccccc2)cc1. The second-order valence-corrected chi connectivity index (χ2v) is 7.53. The van der Waals surface area contributed by atoms with Crippen LogP contribution in [0.4, 0.5) is 0 Å². The number of aryl methyl sites for hydroxylation is 2. The molecule has 0 spiro atoms. The minimum Gasteiger partial charge on any atom is -0.326 e. The first-order chi connectivity index (χ1) is 14.2. The van der Waals surface area contributed by atoms with Crippen molar-refractivity contribution in [3.05, 3.63) is 120 Å². The molecule has 0 heterocycles. The monoisotopic (exact) mass is 404 g/mol. The predicted molar refractivity (Wildman–Crippen MR) is 120 cm³/mol. The van der Waals surface area contributed by atoms with Gasteiger partial charge < -0.3 is 9.42 Å². The summed E-state index contributed by atoms with van der Waals surface area (Å²) in [5.74, 6) is 0. The van der Waals surface area contributed by atoms with Crippen LogP contribution in [-0.2, 0) is 28.5 Å². The summed E-state index contributed by atoms with van der Waals surface area (Å²) in [6.45, 7) is 0.180. The Kier molecular flexibility index (Phi) is 8.21. The van der Waals surface area contributed by atoms with E-state index in [1.807, 2.05) is 42.5 Å². The highest BCUT2D eigenvalue weighted by molar-refractivity contribution is 7.32. The number of rotatable bonds is 6. The number of fused-ring (bicyclic) bond motifs is 1. The normalized spacial score (nSPS) is 11.5. The number of hydrogen-bond acceptors (Lipinski definition) is 2. The summed E-state index contributed by atoms with van der Waals surface area (Å²) in [5, 5.41) is 2.26. The van der Waals surface area contributed by atoms with Crippen LogP contribution in [0, 0.1) is 0 Å². The van der Waals surface area contributed by atoms with E-state index in [0.717, 1.165) is 29.2 Å². The topological polar surface area (TPSA) is 46.5 Å². The standard InChI is InChI=1S/C14H14.C11H11O3P/c1-3-7-13(8-4-1)11-12-14-9-5-2-6-10-14;12-15(13)14-8-9-5-6-10-3-1-2-4-11(10)7-9/h1-10H,11-12H2;1-7,15H,8H2,(H,12,13). The van der Waals surface area contributed by atoms with E-state index in [9.17, 15) is 4.57 Å². The van der Waals surface area contributed by atoms with Crippen molar-refractivity contribution in [2.45, 2.75) is 19.4 Å². The van der Waals surface area contributed by atoms with Crippen LogP contribution in [0.15, 0.2) is 103 Å². The Hall–Kier alpha value is -2.71. The molecule has 29 heavy (non-hydrogen) atoms. The third kappa shape index (κ3) is 7.32. The van der Waals surface area contributed by atoms with E-state index in [1.165, 1.54) is 11.1 Å². The van der Waals surface area contributed by atoms with Crippen LogP contribution in [0.5, 0.6) is 0 Å². The van der Waals surface area contributed by atoms with Crippen molar-refractivity contribution in [1.29, 1.82) is 0 Å². The fraction of sp³-hybridized carbons (Fsp3) is 0.120. The minimum atomic E-state index is -2.83. The molecular formula is C25H25O3P. The lowest BCUT2D eigenvalue weighted by molar-refractivity contribution is 0.272. The van der Waals surface area contributed by atoms with Gasteiger partial charge >= 0.3 is 8.25 Å². The van der Waals surface area contributed by atoms with Crippen LogP contribution >= 0.6 is 8.25 Å². The van der Waals surface area contributed by atoms with Gasteiger partial charge in [0.15, 0.2) is 0 Å². The molecule has 1 unspecified atom stereocenters. The minimum absolute atomic E-state index is 0.180. The van der Waals surface area contributed by atoms with Gasteiger partial charge in [-0.05, 0) is 46.4 Å². The van der Waals surface area contributed by atoms with Crippen molar-refractivity contribution in [2.75, 3.05) is 0 Å². The van der Waals surface area contributed by atoms with Gasteiger partial charge in [0.1, 0.15) is 0 Å². The van der Waals surface area contributed by atoms with Crippen molar-refractivity contribution < 1.29 is 14.0 Å². The summed E-state index contributed by atoms with van der Waals surface area (Å²) in [4.78, 5) is 8.55. The summed E-state index contributed by atoms with van der Waals surface area (Å²) < 4.78 is 15.1. The molecule has 0 saturated heterocycles. The van der Waals surface area contributed by atoms with Crippen molar-refractivity contribution in [3.8, 4) is 0 Å². The zero-order chi connectivity index (χ0) is 20.3. The summed E-state index contributed by atoms with van der Waals surface area (Å²) >= 11 is 0. The highest BCUT2D eigenvalue weighted by Crippen LogP contribution is 2.21. The van der Waals surface area contributed by atoms with E-state index in [2.05, 4.69) is 65.2 Å². The smallest absolute Gasteiger partial charge is 0.316 e. The van der Waals surface area contributed by atoms with Crippen LogP contribution in [-0.4, -0.2) is 4.89 Å². The molecule has 0 saturated carbocycles. The Morgan fingerprint density at radius 3 is 1.69 bits per heavy atom. The maximum absolute atomic E-state index is 10.4. The fourth-order valence-electron chi connectivity index (χ4n) is 3.05. The summed E-state index contributed by atoms with van der Waals surface area (Å²) in [5.41, 5.74) is 3.73. The van der Waals surface area contributed by atoms with Crippen LogP contribution < -0.4 is 0 Å². The second-order valence-electron chi connectivity index (χ2n) is 6.71. The molecule has 0 aliphatic rings. The molecule has 0 aliphatic carbocycles. The lowest BCUT2D eigenvalue weighted by atomic mass is 10.0. The fourth-order valence-corrected chi connectivity index (χ4v) is 3.34. The lowest BCUT2D eigenvalue weighted by Crippen LogP contribution is -1.89. The van der Waals surface area contributed by atoms with E-state index < -0.39 is 8.25 Å². The molecule has 1 atom stereocenters. The summed E-state index contributed by atoms with van der Waals surface area (Å²) in [7, 11) is -2.83. The molecule has 3 nitrogen and oxygen atoms in total. The zero-order valence-electron chi connectivity index (χ0n) is 16.2. The average molecular weight is 404 g/mol. The van der Waals surface area contributed by atoms with E-state index in [4.69, 9.17) is 4.89 Å². The number of hydrogen-bond donors (Lipinski definition) is 1. The first-order valence-corrected chi connectivity index (χ1v) is 10.9. The molecule has 4 aromatic carbocycles. The molecule has 4 heteroatoms. The molecule has 0 fully saturated rings. The molecule has 4 aromatic rings. The molecule has 0 aliphatic heterocycles. The van der Waals surface area contributed by atoms with Crippen LogP contribution in [0.1, 0.15) is 16.7 Å². The summed E-state index contributed by atoms with van der Waals surface area (Å²) in [6.07, 6.45) is 2.26. The third-order valence-corrected chi connectivity index (χ3v) is 4.96. The largest absolute Gasteiger partial charge is 0.326 e. The van der Waals surface area contributed by atoms with E-state index in [1.54, 1.807) is 0 Å². The van der Waals surface area contributed by atoms with Gasteiger partial charge in [-0.25, -0.2) is 0 Å². The molecule has 0 radical (unpaired) electrons. The quantitative estimate of drug-likeness (QED) is 0.389. The second kappa shape index (κ2) is 11.3. The molecule has 148 valence electrons. The van der Waals surface area contributed by atoms with Crippen LogP contribution in [0.2, 0.25) is 0 Å². The van der Waals surface area contributed by atoms with Gasteiger partial charge in [-0.15, -0.1) is 0 Å². The van der Waals surface area contributed by atoms with Gasteiger partial charge in [-0.2, -0.15) is 0 Å². The van der Waals surface area contributed by atoms with E-state index >= 15 is 0 Å². The molecular weight excluding hydrogens is 379 g/mol. The first-order valence-electron chi connectivity index (χ1n) is 9.62. The van der Waals surface area contributed by atoms with Crippen LogP contribution in [0.3, 0.4) is 0 Å². The third-order valence-electron chi connectivity index (χ3n) is 4.56. The lowest BCUT2D eigenvalue weighted by Gasteiger charge is -2.02. The van der Waals surface area contributed by atoms with Crippen molar-refractivity contribution in [2.24, 2.45) is 0 Å². The molecule has 4 rings (SSSR count). The highest BCUT2D eigenvalue weighted by atomic mass is 31.1. The van der Waals surface area contributed by atoms with E-state index in [-0.39, 0.29) is 6.61 Å². The maximum atomic E-state index is 10.4. The predicted octanol–water partition coefficient (Wildman–Crippen LogP) is 6.21. The van der Waals surface area contributed by atoms with Gasteiger partial charge in [-0.3, -0.25) is 4.57 Å². The average Bonchev–Trinajstić information content (AvgIpc) is 2.78. The Morgan fingerprint density at radius 2 is 1.14 bits per heavy atom. The van der Waals surface area contributed by atoms with E-state index in [0.29, 0.717) is 0 Å². The van der Waals surface area contributed by atoms with Gasteiger partial charge in [0.25, 0.3) is 0 Å². The molecule has 0 aromatic heterocycles. The summed E-state index contributed by atoms with van der Waals surface area (Å²) in [6, 6.07) is 35.0. The van der Waals surface area contributed by atoms with Gasteiger partial charge in [0, 0.05) is 0 Å². The maximum Gasteiger partial charge on any atom is 0.316 e.